The molecule has 2 aromatic heterocycles. The van der Waals surface area contributed by atoms with Crippen LogP contribution in [0.3, 0.4) is 0 Å². The zero-order valence-corrected chi connectivity index (χ0v) is 17.5. The second kappa shape index (κ2) is 9.21. The van der Waals surface area contributed by atoms with Crippen molar-refractivity contribution < 1.29 is 14.5 Å². The van der Waals surface area contributed by atoms with Crippen LogP contribution in [-0.2, 0) is 11.3 Å². The number of anilines is 2. The highest BCUT2D eigenvalue weighted by molar-refractivity contribution is 5.70. The van der Waals surface area contributed by atoms with Gasteiger partial charge in [0.1, 0.15) is 11.4 Å². The largest absolute Gasteiger partial charge is 0.444 e. The molecule has 0 aliphatic carbocycles. The summed E-state index contributed by atoms with van der Waals surface area (Å²) in [6.45, 7) is 5.60. The molecule has 0 unspecified atom stereocenters. The van der Waals surface area contributed by atoms with E-state index < -0.39 is 16.6 Å². The van der Waals surface area contributed by atoms with Crippen molar-refractivity contribution in [1.29, 1.82) is 0 Å². The van der Waals surface area contributed by atoms with Gasteiger partial charge in [-0.25, -0.2) is 14.8 Å². The average molecular weight is 421 g/mol. The van der Waals surface area contributed by atoms with Crippen LogP contribution in [-0.4, -0.2) is 26.6 Å². The number of alkyl carbamates (subject to hydrolysis) is 1. The Kier molecular flexibility index (Phi) is 6.44. The van der Waals surface area contributed by atoms with Crippen molar-refractivity contribution in [2.75, 3.05) is 5.32 Å². The first kappa shape index (κ1) is 21.7. The molecule has 0 atom stereocenters. The molecule has 0 fully saturated rings. The normalized spacial score (nSPS) is 10.9. The number of hydrogen-bond acceptors (Lipinski definition) is 7. The summed E-state index contributed by atoms with van der Waals surface area (Å²) in [7, 11) is 0. The van der Waals surface area contributed by atoms with E-state index in [1.165, 1.54) is 6.07 Å². The summed E-state index contributed by atoms with van der Waals surface area (Å²) < 4.78 is 5.19. The predicted octanol–water partition coefficient (Wildman–Crippen LogP) is 4.82. The first-order valence-corrected chi connectivity index (χ1v) is 9.61. The third kappa shape index (κ3) is 6.23. The second-order valence-corrected chi connectivity index (χ2v) is 7.72. The van der Waals surface area contributed by atoms with Crippen molar-refractivity contribution in [2.45, 2.75) is 32.9 Å². The molecule has 3 aromatic rings. The average Bonchev–Trinajstić information content (AvgIpc) is 2.72. The molecule has 160 valence electrons. The topological polar surface area (TPSA) is 119 Å². The maximum atomic E-state index is 11.8. The van der Waals surface area contributed by atoms with Gasteiger partial charge >= 0.3 is 11.8 Å². The van der Waals surface area contributed by atoms with Gasteiger partial charge < -0.3 is 15.4 Å². The Morgan fingerprint density at radius 2 is 1.84 bits per heavy atom. The highest BCUT2D eigenvalue weighted by Gasteiger charge is 2.18. The van der Waals surface area contributed by atoms with Crippen molar-refractivity contribution in [2.24, 2.45) is 0 Å². The molecule has 9 nitrogen and oxygen atoms in total. The number of nitrogens with one attached hydrogen (secondary N) is 2. The molecule has 0 radical (unpaired) electrons. The lowest BCUT2D eigenvalue weighted by Gasteiger charge is -2.19. The van der Waals surface area contributed by atoms with E-state index in [1.807, 2.05) is 30.3 Å². The van der Waals surface area contributed by atoms with E-state index in [0.29, 0.717) is 11.5 Å². The maximum absolute atomic E-state index is 11.8. The second-order valence-electron chi connectivity index (χ2n) is 7.72. The number of ether oxygens (including phenoxy) is 1. The van der Waals surface area contributed by atoms with Crippen LogP contribution in [0.5, 0.6) is 0 Å². The van der Waals surface area contributed by atoms with Gasteiger partial charge in [0.15, 0.2) is 0 Å². The first-order chi connectivity index (χ1) is 14.7. The highest BCUT2D eigenvalue weighted by atomic mass is 16.6. The van der Waals surface area contributed by atoms with Crippen LogP contribution in [0.15, 0.2) is 60.8 Å². The van der Waals surface area contributed by atoms with E-state index >= 15 is 0 Å². The van der Waals surface area contributed by atoms with Gasteiger partial charge in [-0.05, 0) is 38.5 Å². The standard InChI is InChI=1S/C22H23N5O4/c1-22(2,3)31-21(28)24-14-15-9-12-19(23-13-15)26-20-18(27(29)30)11-10-17(25-20)16-7-5-4-6-8-16/h4-13H,14H2,1-3H3,(H,24,28)(H,23,25,26). The lowest BCUT2D eigenvalue weighted by atomic mass is 10.1. The third-order valence-electron chi connectivity index (χ3n) is 4.05. The van der Waals surface area contributed by atoms with E-state index in [4.69, 9.17) is 4.74 Å². The van der Waals surface area contributed by atoms with E-state index in [9.17, 15) is 14.9 Å². The Labute approximate surface area is 179 Å². The Morgan fingerprint density at radius 1 is 1.10 bits per heavy atom. The Balaban J connectivity index is 1.73. The van der Waals surface area contributed by atoms with Crippen LogP contribution in [0.2, 0.25) is 0 Å². The van der Waals surface area contributed by atoms with Crippen molar-refractivity contribution in [3.63, 3.8) is 0 Å². The van der Waals surface area contributed by atoms with Gasteiger partial charge in [-0.1, -0.05) is 36.4 Å². The molecule has 0 saturated heterocycles. The molecule has 0 saturated carbocycles. The van der Waals surface area contributed by atoms with Crippen molar-refractivity contribution in [3.8, 4) is 11.3 Å². The molecule has 2 heterocycles. The molecule has 0 bridgehead atoms. The highest BCUT2D eigenvalue weighted by Crippen LogP contribution is 2.28. The summed E-state index contributed by atoms with van der Waals surface area (Å²) >= 11 is 0. The summed E-state index contributed by atoms with van der Waals surface area (Å²) in [6, 6.07) is 15.8. The number of carbonyl (C=O) groups excluding carboxylic acids is 1. The fourth-order valence-electron chi connectivity index (χ4n) is 2.67. The molecule has 0 aliphatic heterocycles. The van der Waals surface area contributed by atoms with Crippen LogP contribution >= 0.6 is 0 Å². The summed E-state index contributed by atoms with van der Waals surface area (Å²) in [5.74, 6) is 0.486. The van der Waals surface area contributed by atoms with Crippen molar-refractivity contribution in [1.82, 2.24) is 15.3 Å². The molecule has 31 heavy (non-hydrogen) atoms. The SMILES string of the molecule is CC(C)(C)OC(=O)NCc1ccc(Nc2nc(-c3ccccc3)ccc2[N+](=O)[O-])nc1. The van der Waals surface area contributed by atoms with Crippen LogP contribution in [0, 0.1) is 10.1 Å². The number of rotatable bonds is 6. The number of nitro groups is 1. The van der Waals surface area contributed by atoms with Gasteiger partial charge in [0.25, 0.3) is 0 Å². The number of amides is 1. The molecular weight excluding hydrogens is 398 g/mol. The minimum atomic E-state index is -0.577. The molecule has 1 amide bonds. The fourth-order valence-corrected chi connectivity index (χ4v) is 2.67. The van der Waals surface area contributed by atoms with E-state index in [2.05, 4.69) is 20.6 Å². The van der Waals surface area contributed by atoms with Crippen LogP contribution in [0.25, 0.3) is 11.3 Å². The molecule has 1 aromatic carbocycles. The summed E-state index contributed by atoms with van der Waals surface area (Å²) in [4.78, 5) is 31.3. The van der Waals surface area contributed by atoms with Gasteiger partial charge in [-0.15, -0.1) is 0 Å². The lowest BCUT2D eigenvalue weighted by molar-refractivity contribution is -0.384. The fraction of sp³-hybridized carbons (Fsp3) is 0.227. The number of pyridine rings is 2. The zero-order chi connectivity index (χ0) is 22.4. The number of hydrogen-bond donors (Lipinski definition) is 2. The number of aromatic nitrogens is 2. The number of nitrogens with zero attached hydrogens (tertiary/aromatic N) is 3. The van der Waals surface area contributed by atoms with Gasteiger partial charge in [0.05, 0.1) is 10.6 Å². The Morgan fingerprint density at radius 3 is 2.45 bits per heavy atom. The summed E-state index contributed by atoms with van der Waals surface area (Å²) in [6.07, 6.45) is 1.04. The van der Waals surface area contributed by atoms with E-state index in [-0.39, 0.29) is 18.1 Å². The maximum Gasteiger partial charge on any atom is 0.407 e. The minimum absolute atomic E-state index is 0.0958. The van der Waals surface area contributed by atoms with Crippen molar-refractivity contribution in [3.05, 3.63) is 76.5 Å². The van der Waals surface area contributed by atoms with Crippen molar-refractivity contribution >= 4 is 23.4 Å². The van der Waals surface area contributed by atoms with E-state index in [0.717, 1.165) is 11.1 Å². The molecule has 3 rings (SSSR count). The Hall–Kier alpha value is -4.01. The van der Waals surface area contributed by atoms with Gasteiger partial charge in [-0.3, -0.25) is 10.1 Å². The van der Waals surface area contributed by atoms with Gasteiger partial charge in [-0.2, -0.15) is 0 Å². The monoisotopic (exact) mass is 421 g/mol. The minimum Gasteiger partial charge on any atom is -0.444 e. The first-order valence-electron chi connectivity index (χ1n) is 9.61. The zero-order valence-electron chi connectivity index (χ0n) is 17.5. The number of benzene rings is 1. The summed E-state index contributed by atoms with van der Waals surface area (Å²) in [5.41, 5.74) is 1.46. The Bertz CT molecular complexity index is 1060. The van der Waals surface area contributed by atoms with Gasteiger partial charge in [0, 0.05) is 24.4 Å². The van der Waals surface area contributed by atoms with Crippen LogP contribution in [0.4, 0.5) is 22.1 Å². The molecular formula is C22H23N5O4. The molecule has 9 heteroatoms. The quantitative estimate of drug-likeness (QED) is 0.432. The smallest absolute Gasteiger partial charge is 0.407 e. The molecule has 2 N–H and O–H groups in total. The number of carbonyl (C=O) groups is 1. The van der Waals surface area contributed by atoms with E-state index in [1.54, 1.807) is 45.2 Å². The summed E-state index contributed by atoms with van der Waals surface area (Å²) in [5, 5.41) is 17.0. The van der Waals surface area contributed by atoms with Crippen LogP contribution < -0.4 is 10.6 Å². The van der Waals surface area contributed by atoms with Gasteiger partial charge in [0.2, 0.25) is 5.82 Å². The third-order valence-corrected chi connectivity index (χ3v) is 4.05. The lowest BCUT2D eigenvalue weighted by Crippen LogP contribution is -2.32. The predicted molar refractivity (Wildman–Crippen MR) is 117 cm³/mol. The molecule has 0 spiro atoms. The molecule has 0 aliphatic rings. The van der Waals surface area contributed by atoms with Crippen LogP contribution in [0.1, 0.15) is 26.3 Å².